The quantitative estimate of drug-likeness (QED) is 0.631. The number of ether oxygens (including phenoxy) is 2. The van der Waals surface area contributed by atoms with E-state index in [1.165, 1.54) is 7.11 Å². The van der Waals surface area contributed by atoms with Gasteiger partial charge in [-0.15, -0.1) is 0 Å². The maximum atomic E-state index is 11.5. The third kappa shape index (κ3) is 3.20. The summed E-state index contributed by atoms with van der Waals surface area (Å²) < 4.78 is 9.60. The van der Waals surface area contributed by atoms with E-state index in [4.69, 9.17) is 4.74 Å². The van der Waals surface area contributed by atoms with Gasteiger partial charge in [0.2, 0.25) is 0 Å². The first-order chi connectivity index (χ1) is 8.70. The third-order valence-electron chi connectivity index (χ3n) is 3.62. The predicted octanol–water partition coefficient (Wildman–Crippen LogP) is -0.517. The van der Waals surface area contributed by atoms with Crippen molar-refractivity contribution in [2.45, 2.75) is 18.9 Å². The largest absolute Gasteiger partial charge is 0.469 e. The number of rotatable bonds is 4. The summed E-state index contributed by atoms with van der Waals surface area (Å²) in [6, 6.07) is -0.0484. The molecule has 2 aliphatic heterocycles. The second-order valence-corrected chi connectivity index (χ2v) is 4.68. The zero-order valence-electron chi connectivity index (χ0n) is 10.8. The fourth-order valence-electron chi connectivity index (χ4n) is 2.47. The lowest BCUT2D eigenvalue weighted by Crippen LogP contribution is -2.51. The molecule has 0 spiro atoms. The Kier molecular flexibility index (Phi) is 4.54. The molecule has 0 amide bonds. The molecule has 2 fully saturated rings. The molecule has 1 atom stereocenters. The number of carbonyl (C=O) groups excluding carboxylic acids is 2. The summed E-state index contributed by atoms with van der Waals surface area (Å²) in [6.45, 7) is 4.78. The molecule has 18 heavy (non-hydrogen) atoms. The van der Waals surface area contributed by atoms with Crippen molar-refractivity contribution in [2.24, 2.45) is 0 Å². The highest BCUT2D eigenvalue weighted by Gasteiger charge is 2.33. The van der Waals surface area contributed by atoms with Crippen LogP contribution >= 0.6 is 0 Å². The molecule has 0 bridgehead atoms. The summed E-state index contributed by atoms with van der Waals surface area (Å²) in [4.78, 5) is 26.9. The number of nitrogens with zero attached hydrogens (tertiary/aromatic N) is 2. The summed E-state index contributed by atoms with van der Waals surface area (Å²) >= 11 is 0. The van der Waals surface area contributed by atoms with Gasteiger partial charge in [-0.25, -0.2) is 0 Å². The van der Waals surface area contributed by atoms with E-state index >= 15 is 0 Å². The van der Waals surface area contributed by atoms with Crippen LogP contribution in [0.4, 0.5) is 0 Å². The van der Waals surface area contributed by atoms with Crippen molar-refractivity contribution in [3.05, 3.63) is 0 Å². The minimum atomic E-state index is -0.170. The molecule has 0 aromatic rings. The lowest BCUT2D eigenvalue weighted by atomic mass is 10.2. The van der Waals surface area contributed by atoms with Crippen LogP contribution in [0.3, 0.4) is 0 Å². The molecule has 0 radical (unpaired) electrons. The fraction of sp³-hybridized carbons (Fsp3) is 0.833. The molecule has 0 aliphatic carbocycles. The lowest BCUT2D eigenvalue weighted by Gasteiger charge is -2.36. The molecule has 2 saturated heterocycles. The van der Waals surface area contributed by atoms with Gasteiger partial charge in [-0.05, 0) is 0 Å². The van der Waals surface area contributed by atoms with E-state index in [0.717, 1.165) is 39.1 Å². The average Bonchev–Trinajstić information content (AvgIpc) is 2.83. The number of cyclic esters (lactones) is 1. The van der Waals surface area contributed by atoms with Gasteiger partial charge in [0.15, 0.2) is 0 Å². The van der Waals surface area contributed by atoms with Gasteiger partial charge in [0.05, 0.1) is 20.1 Å². The molecule has 6 nitrogen and oxygen atoms in total. The minimum absolute atomic E-state index is 0.0484. The highest BCUT2D eigenvalue weighted by atomic mass is 16.5. The summed E-state index contributed by atoms with van der Waals surface area (Å²) in [7, 11) is 1.41. The van der Waals surface area contributed by atoms with Crippen LogP contribution < -0.4 is 0 Å². The zero-order chi connectivity index (χ0) is 13.0. The van der Waals surface area contributed by atoms with Crippen LogP contribution in [-0.2, 0) is 19.1 Å². The van der Waals surface area contributed by atoms with Crippen LogP contribution in [0, 0.1) is 0 Å². The van der Waals surface area contributed by atoms with E-state index in [2.05, 4.69) is 14.5 Å². The molecule has 6 heteroatoms. The SMILES string of the molecule is COC(=O)CCN1CCN(C2CCOC2=O)CC1. The number of methoxy groups -OCH3 is 1. The smallest absolute Gasteiger partial charge is 0.323 e. The molecule has 0 N–H and O–H groups in total. The van der Waals surface area contributed by atoms with Crippen molar-refractivity contribution in [3.63, 3.8) is 0 Å². The summed E-state index contributed by atoms with van der Waals surface area (Å²) in [5.41, 5.74) is 0. The van der Waals surface area contributed by atoms with E-state index in [0.29, 0.717) is 13.0 Å². The van der Waals surface area contributed by atoms with Gasteiger partial charge < -0.3 is 14.4 Å². The third-order valence-corrected chi connectivity index (χ3v) is 3.62. The van der Waals surface area contributed by atoms with Gasteiger partial charge in [-0.2, -0.15) is 0 Å². The molecule has 1 unspecified atom stereocenters. The maximum Gasteiger partial charge on any atom is 0.323 e. The predicted molar refractivity (Wildman–Crippen MR) is 64.0 cm³/mol. The van der Waals surface area contributed by atoms with E-state index < -0.39 is 0 Å². The van der Waals surface area contributed by atoms with Crippen molar-refractivity contribution in [2.75, 3.05) is 46.4 Å². The van der Waals surface area contributed by atoms with Gasteiger partial charge in [0.1, 0.15) is 6.04 Å². The maximum absolute atomic E-state index is 11.5. The molecule has 0 aromatic heterocycles. The van der Waals surface area contributed by atoms with Crippen molar-refractivity contribution < 1.29 is 19.1 Å². The lowest BCUT2D eigenvalue weighted by molar-refractivity contribution is -0.142. The van der Waals surface area contributed by atoms with E-state index in [9.17, 15) is 9.59 Å². The first kappa shape index (κ1) is 13.3. The first-order valence-electron chi connectivity index (χ1n) is 6.40. The van der Waals surface area contributed by atoms with Crippen molar-refractivity contribution >= 4 is 11.9 Å². The van der Waals surface area contributed by atoms with Gasteiger partial charge in [0.25, 0.3) is 0 Å². The first-order valence-corrected chi connectivity index (χ1v) is 6.40. The van der Waals surface area contributed by atoms with E-state index in [-0.39, 0.29) is 18.0 Å². The molecule has 2 heterocycles. The summed E-state index contributed by atoms with van der Waals surface area (Å²) in [5.74, 6) is -0.255. The highest BCUT2D eigenvalue weighted by Crippen LogP contribution is 2.16. The van der Waals surface area contributed by atoms with Crippen molar-refractivity contribution in [1.29, 1.82) is 0 Å². The number of carbonyl (C=O) groups is 2. The normalized spacial score (nSPS) is 26.1. The van der Waals surface area contributed by atoms with Gasteiger partial charge in [0, 0.05) is 39.1 Å². The number of hydrogen-bond donors (Lipinski definition) is 0. The second kappa shape index (κ2) is 6.15. The minimum Gasteiger partial charge on any atom is -0.469 e. The Bertz CT molecular complexity index is 313. The van der Waals surface area contributed by atoms with E-state index in [1.807, 2.05) is 0 Å². The molecular formula is C12H20N2O4. The van der Waals surface area contributed by atoms with Gasteiger partial charge in [-0.3, -0.25) is 14.5 Å². The number of hydrogen-bond acceptors (Lipinski definition) is 6. The Morgan fingerprint density at radius 1 is 1.39 bits per heavy atom. The summed E-state index contributed by atoms with van der Waals surface area (Å²) in [6.07, 6.45) is 1.24. The van der Waals surface area contributed by atoms with Gasteiger partial charge >= 0.3 is 11.9 Å². The van der Waals surface area contributed by atoms with Crippen LogP contribution in [0.5, 0.6) is 0 Å². The molecular weight excluding hydrogens is 236 g/mol. The molecule has 0 saturated carbocycles. The van der Waals surface area contributed by atoms with Crippen LogP contribution in [0.1, 0.15) is 12.8 Å². The fourth-order valence-corrected chi connectivity index (χ4v) is 2.47. The van der Waals surface area contributed by atoms with E-state index in [1.54, 1.807) is 0 Å². The topological polar surface area (TPSA) is 59.1 Å². The zero-order valence-corrected chi connectivity index (χ0v) is 10.8. The Hall–Kier alpha value is -1.14. The highest BCUT2D eigenvalue weighted by molar-refractivity contribution is 5.77. The average molecular weight is 256 g/mol. The Balaban J connectivity index is 1.71. The van der Waals surface area contributed by atoms with Gasteiger partial charge in [-0.1, -0.05) is 0 Å². The number of esters is 2. The van der Waals surface area contributed by atoms with Crippen molar-refractivity contribution in [1.82, 2.24) is 9.80 Å². The second-order valence-electron chi connectivity index (χ2n) is 4.68. The molecule has 2 aliphatic rings. The van der Waals surface area contributed by atoms with Crippen LogP contribution in [0.15, 0.2) is 0 Å². The number of piperazine rings is 1. The monoisotopic (exact) mass is 256 g/mol. The van der Waals surface area contributed by atoms with Crippen molar-refractivity contribution in [3.8, 4) is 0 Å². The Morgan fingerprint density at radius 2 is 2.11 bits per heavy atom. The molecule has 2 rings (SSSR count). The van der Waals surface area contributed by atoms with Crippen LogP contribution in [0.25, 0.3) is 0 Å². The Labute approximate surface area is 107 Å². The molecule has 0 aromatic carbocycles. The summed E-state index contributed by atoms with van der Waals surface area (Å²) in [5, 5.41) is 0. The van der Waals surface area contributed by atoms with Crippen LogP contribution in [-0.4, -0.2) is 74.2 Å². The Morgan fingerprint density at radius 3 is 2.67 bits per heavy atom. The molecule has 102 valence electrons. The van der Waals surface area contributed by atoms with Crippen LogP contribution in [0.2, 0.25) is 0 Å². The standard InChI is InChI=1S/C12H20N2O4/c1-17-11(15)2-4-13-5-7-14(8-6-13)10-3-9-18-12(10)16/h10H,2-9H2,1H3.